The molecule has 0 bridgehead atoms. The van der Waals surface area contributed by atoms with E-state index in [-0.39, 0.29) is 30.7 Å². The van der Waals surface area contributed by atoms with Gasteiger partial charge in [-0.1, -0.05) is 35.0 Å². The zero-order chi connectivity index (χ0) is 21.5. The van der Waals surface area contributed by atoms with Crippen molar-refractivity contribution < 1.29 is 14.1 Å². The summed E-state index contributed by atoms with van der Waals surface area (Å²) >= 11 is 5.93. The summed E-state index contributed by atoms with van der Waals surface area (Å²) in [5.74, 6) is -0.443. The van der Waals surface area contributed by atoms with Crippen LogP contribution in [0.4, 0.5) is 11.5 Å². The molecule has 0 aliphatic carbocycles. The van der Waals surface area contributed by atoms with E-state index in [0.717, 1.165) is 0 Å². The standard InChI is InChI=1S/C20H19ClN6O3/c21-15-3-1-2-13(8-15)20(29)25-10-14-5-4-12(19(22)23)9-16(14)24-11-18(28)26-17-6-7-30-27-17/h1-9,24H,10-11H2,(H3,22,23)(H,25,29)(H,26,27,28). The third-order valence-corrected chi connectivity index (χ3v) is 4.33. The minimum absolute atomic E-state index is 0.0660. The second-order valence-electron chi connectivity index (χ2n) is 6.27. The minimum atomic E-state index is -0.342. The summed E-state index contributed by atoms with van der Waals surface area (Å²) in [7, 11) is 0. The highest BCUT2D eigenvalue weighted by Crippen LogP contribution is 2.18. The molecule has 6 N–H and O–H groups in total. The molecule has 3 rings (SSSR count). The number of anilines is 2. The van der Waals surface area contributed by atoms with Gasteiger partial charge in [-0.15, -0.1) is 0 Å². The first-order valence-electron chi connectivity index (χ1n) is 8.87. The van der Waals surface area contributed by atoms with Crippen molar-refractivity contribution in [1.29, 1.82) is 5.41 Å². The highest BCUT2D eigenvalue weighted by Gasteiger charge is 2.11. The Morgan fingerprint density at radius 2 is 1.97 bits per heavy atom. The summed E-state index contributed by atoms with van der Waals surface area (Å²) in [6.07, 6.45) is 1.35. The molecule has 0 spiro atoms. The summed E-state index contributed by atoms with van der Waals surface area (Å²) in [5, 5.41) is 20.1. The van der Waals surface area contributed by atoms with E-state index in [1.165, 1.54) is 12.3 Å². The number of hydrogen-bond donors (Lipinski definition) is 5. The minimum Gasteiger partial charge on any atom is -0.384 e. The first kappa shape index (κ1) is 20.9. The predicted octanol–water partition coefficient (Wildman–Crippen LogP) is 2.59. The Kier molecular flexibility index (Phi) is 6.66. The maximum Gasteiger partial charge on any atom is 0.251 e. The van der Waals surface area contributed by atoms with Crippen LogP contribution in [-0.2, 0) is 11.3 Å². The second-order valence-corrected chi connectivity index (χ2v) is 6.70. The molecule has 0 atom stereocenters. The molecule has 2 aromatic carbocycles. The summed E-state index contributed by atoms with van der Waals surface area (Å²) in [6, 6.07) is 13.2. The van der Waals surface area contributed by atoms with Crippen LogP contribution < -0.4 is 21.7 Å². The molecule has 154 valence electrons. The average Bonchev–Trinajstić information content (AvgIpc) is 3.23. The van der Waals surface area contributed by atoms with Crippen molar-refractivity contribution >= 4 is 40.8 Å². The Labute approximate surface area is 177 Å². The molecule has 2 amide bonds. The lowest BCUT2D eigenvalue weighted by atomic mass is 10.1. The van der Waals surface area contributed by atoms with Crippen LogP contribution in [0.15, 0.2) is 59.3 Å². The van der Waals surface area contributed by atoms with Crippen LogP contribution in [0.3, 0.4) is 0 Å². The third-order valence-electron chi connectivity index (χ3n) is 4.09. The molecule has 0 saturated heterocycles. The van der Waals surface area contributed by atoms with E-state index in [0.29, 0.717) is 33.2 Å². The number of amidine groups is 1. The number of carbonyl (C=O) groups is 2. The van der Waals surface area contributed by atoms with E-state index in [9.17, 15) is 9.59 Å². The molecule has 1 aromatic heterocycles. The fourth-order valence-electron chi connectivity index (χ4n) is 2.61. The smallest absolute Gasteiger partial charge is 0.251 e. The van der Waals surface area contributed by atoms with Crippen LogP contribution in [0.2, 0.25) is 5.02 Å². The zero-order valence-corrected chi connectivity index (χ0v) is 16.5. The van der Waals surface area contributed by atoms with Gasteiger partial charge in [-0.3, -0.25) is 15.0 Å². The van der Waals surface area contributed by atoms with Gasteiger partial charge in [0.1, 0.15) is 12.1 Å². The number of nitrogen functional groups attached to an aromatic ring is 1. The van der Waals surface area contributed by atoms with Crippen LogP contribution in [0.25, 0.3) is 0 Å². The van der Waals surface area contributed by atoms with Gasteiger partial charge in [0.25, 0.3) is 5.91 Å². The van der Waals surface area contributed by atoms with Crippen molar-refractivity contribution in [2.45, 2.75) is 6.54 Å². The molecule has 0 saturated carbocycles. The maximum atomic E-state index is 12.4. The van der Waals surface area contributed by atoms with Gasteiger partial charge >= 0.3 is 0 Å². The molecule has 0 radical (unpaired) electrons. The lowest BCUT2D eigenvalue weighted by Gasteiger charge is -2.14. The number of rotatable bonds is 8. The Bertz CT molecular complexity index is 1070. The Balaban J connectivity index is 1.69. The van der Waals surface area contributed by atoms with Crippen molar-refractivity contribution in [3.05, 3.63) is 76.5 Å². The lowest BCUT2D eigenvalue weighted by molar-refractivity contribution is -0.114. The molecular weight excluding hydrogens is 408 g/mol. The van der Waals surface area contributed by atoms with Crippen molar-refractivity contribution in [2.24, 2.45) is 5.73 Å². The number of carbonyl (C=O) groups excluding carboxylic acids is 2. The van der Waals surface area contributed by atoms with Crippen LogP contribution >= 0.6 is 11.6 Å². The van der Waals surface area contributed by atoms with Gasteiger partial charge < -0.3 is 26.2 Å². The molecule has 9 nitrogen and oxygen atoms in total. The molecular formula is C20H19ClN6O3. The fraction of sp³-hybridized carbons (Fsp3) is 0.100. The number of benzene rings is 2. The molecule has 0 aliphatic rings. The molecule has 1 heterocycles. The molecule has 0 fully saturated rings. The topological polar surface area (TPSA) is 146 Å². The quantitative estimate of drug-likeness (QED) is 0.276. The lowest BCUT2D eigenvalue weighted by Crippen LogP contribution is -2.25. The molecule has 30 heavy (non-hydrogen) atoms. The molecule has 0 aliphatic heterocycles. The first-order valence-corrected chi connectivity index (χ1v) is 9.25. The van der Waals surface area contributed by atoms with Crippen molar-refractivity contribution in [3.63, 3.8) is 0 Å². The Hall–Kier alpha value is -3.85. The number of nitrogens with two attached hydrogens (primary N) is 1. The van der Waals surface area contributed by atoms with Gasteiger partial charge in [-0.05, 0) is 29.8 Å². The van der Waals surface area contributed by atoms with Crippen LogP contribution in [0, 0.1) is 5.41 Å². The van der Waals surface area contributed by atoms with E-state index >= 15 is 0 Å². The van der Waals surface area contributed by atoms with E-state index in [1.54, 1.807) is 42.5 Å². The first-order chi connectivity index (χ1) is 14.4. The van der Waals surface area contributed by atoms with Gasteiger partial charge in [0, 0.05) is 34.4 Å². The summed E-state index contributed by atoms with van der Waals surface area (Å²) in [5.41, 5.74) is 7.76. The SMILES string of the molecule is N=C(N)c1ccc(CNC(=O)c2cccc(Cl)c2)c(NCC(=O)Nc2ccon2)c1. The monoisotopic (exact) mass is 426 g/mol. The van der Waals surface area contributed by atoms with E-state index < -0.39 is 0 Å². The van der Waals surface area contributed by atoms with Gasteiger partial charge in [-0.25, -0.2) is 0 Å². The van der Waals surface area contributed by atoms with Crippen molar-refractivity contribution in [3.8, 4) is 0 Å². The number of nitrogens with zero attached hydrogens (tertiary/aromatic N) is 1. The number of hydrogen-bond acceptors (Lipinski definition) is 6. The number of nitrogens with one attached hydrogen (secondary N) is 4. The fourth-order valence-corrected chi connectivity index (χ4v) is 2.80. The predicted molar refractivity (Wildman–Crippen MR) is 114 cm³/mol. The van der Waals surface area contributed by atoms with Gasteiger partial charge in [0.2, 0.25) is 5.91 Å². The van der Waals surface area contributed by atoms with Crippen LogP contribution in [-0.4, -0.2) is 29.4 Å². The summed E-state index contributed by atoms with van der Waals surface area (Å²) < 4.78 is 4.67. The summed E-state index contributed by atoms with van der Waals surface area (Å²) in [6.45, 7) is 0.125. The van der Waals surface area contributed by atoms with Crippen molar-refractivity contribution in [2.75, 3.05) is 17.2 Å². The number of halogens is 1. The van der Waals surface area contributed by atoms with Gasteiger partial charge in [0.15, 0.2) is 5.82 Å². The molecule has 0 unspecified atom stereocenters. The van der Waals surface area contributed by atoms with Gasteiger partial charge in [0.05, 0.1) is 6.54 Å². The second kappa shape index (κ2) is 9.57. The third kappa shape index (κ3) is 5.58. The van der Waals surface area contributed by atoms with Gasteiger partial charge in [-0.2, -0.15) is 0 Å². The van der Waals surface area contributed by atoms with E-state index in [1.807, 2.05) is 0 Å². The number of aromatic nitrogens is 1. The molecule has 3 aromatic rings. The Morgan fingerprint density at radius 3 is 2.67 bits per heavy atom. The zero-order valence-electron chi connectivity index (χ0n) is 15.7. The van der Waals surface area contributed by atoms with Crippen LogP contribution in [0.5, 0.6) is 0 Å². The highest BCUT2D eigenvalue weighted by atomic mass is 35.5. The normalized spacial score (nSPS) is 10.3. The van der Waals surface area contributed by atoms with Crippen LogP contribution in [0.1, 0.15) is 21.5 Å². The molecule has 10 heteroatoms. The largest absolute Gasteiger partial charge is 0.384 e. The highest BCUT2D eigenvalue weighted by molar-refractivity contribution is 6.30. The average molecular weight is 427 g/mol. The maximum absolute atomic E-state index is 12.4. The van der Waals surface area contributed by atoms with E-state index in [4.69, 9.17) is 22.7 Å². The summed E-state index contributed by atoms with van der Waals surface area (Å²) in [4.78, 5) is 24.5. The Morgan fingerprint density at radius 1 is 1.13 bits per heavy atom. The number of amides is 2. The van der Waals surface area contributed by atoms with E-state index in [2.05, 4.69) is 25.6 Å². The van der Waals surface area contributed by atoms with Crippen molar-refractivity contribution in [1.82, 2.24) is 10.5 Å².